The molecule has 7 nitrogen and oxygen atoms in total. The summed E-state index contributed by atoms with van der Waals surface area (Å²) in [6.07, 6.45) is 0.992. The quantitative estimate of drug-likeness (QED) is 0.894. The third-order valence-electron chi connectivity index (χ3n) is 3.60. The van der Waals surface area contributed by atoms with Gasteiger partial charge in [0.15, 0.2) is 0 Å². The van der Waals surface area contributed by atoms with Gasteiger partial charge in [-0.25, -0.2) is 8.42 Å². The summed E-state index contributed by atoms with van der Waals surface area (Å²) < 4.78 is 28.5. The Bertz CT molecular complexity index is 737. The van der Waals surface area contributed by atoms with Gasteiger partial charge in [-0.05, 0) is 24.6 Å². The van der Waals surface area contributed by atoms with Crippen molar-refractivity contribution in [2.24, 2.45) is 0 Å². The van der Waals surface area contributed by atoms with Crippen LogP contribution in [-0.4, -0.2) is 39.1 Å². The molecule has 0 spiro atoms. The maximum atomic E-state index is 12.6. The summed E-state index contributed by atoms with van der Waals surface area (Å²) in [5.74, 6) is 0.644. The highest BCUT2D eigenvalue weighted by atomic mass is 32.2. The van der Waals surface area contributed by atoms with Gasteiger partial charge in [-0.2, -0.15) is 4.31 Å². The monoisotopic (exact) mass is 308 g/mol. The van der Waals surface area contributed by atoms with Gasteiger partial charge < -0.3 is 9.67 Å². The van der Waals surface area contributed by atoms with E-state index in [4.69, 9.17) is 0 Å². The molecule has 0 saturated carbocycles. The number of hydrogen-bond donors (Lipinski definition) is 1. The van der Waals surface area contributed by atoms with E-state index >= 15 is 0 Å². The predicted molar refractivity (Wildman–Crippen MR) is 74.7 cm³/mol. The van der Waals surface area contributed by atoms with Crippen molar-refractivity contribution in [3.05, 3.63) is 42.0 Å². The molecular weight excluding hydrogens is 292 g/mol. The van der Waals surface area contributed by atoms with Crippen molar-refractivity contribution in [3.8, 4) is 0 Å². The van der Waals surface area contributed by atoms with Gasteiger partial charge in [-0.3, -0.25) is 0 Å². The van der Waals surface area contributed by atoms with Crippen molar-refractivity contribution in [2.75, 3.05) is 6.54 Å². The smallest absolute Gasteiger partial charge is 0.243 e. The van der Waals surface area contributed by atoms with Crippen molar-refractivity contribution in [1.29, 1.82) is 0 Å². The van der Waals surface area contributed by atoms with E-state index in [0.29, 0.717) is 24.5 Å². The largest absolute Gasteiger partial charge is 0.389 e. The van der Waals surface area contributed by atoms with Crippen molar-refractivity contribution in [1.82, 2.24) is 19.1 Å². The van der Waals surface area contributed by atoms with E-state index in [1.165, 1.54) is 16.4 Å². The molecule has 1 aromatic carbocycles. The second-order valence-corrected chi connectivity index (χ2v) is 6.96. The molecule has 112 valence electrons. The molecule has 1 N–H and O–H groups in total. The van der Waals surface area contributed by atoms with Crippen LogP contribution in [0.25, 0.3) is 0 Å². The minimum atomic E-state index is -3.55. The van der Waals surface area contributed by atoms with Crippen LogP contribution in [0.5, 0.6) is 0 Å². The molecule has 3 rings (SSSR count). The zero-order chi connectivity index (χ0) is 15.0. The van der Waals surface area contributed by atoms with Gasteiger partial charge in [0.1, 0.15) is 12.2 Å². The van der Waals surface area contributed by atoms with Gasteiger partial charge in [-0.1, -0.05) is 12.1 Å². The Kier molecular flexibility index (Phi) is 3.52. The molecule has 0 bridgehead atoms. The zero-order valence-corrected chi connectivity index (χ0v) is 12.4. The third-order valence-corrected chi connectivity index (χ3v) is 5.46. The Morgan fingerprint density at radius 3 is 2.62 bits per heavy atom. The van der Waals surface area contributed by atoms with Crippen molar-refractivity contribution in [3.63, 3.8) is 0 Å². The highest BCUT2D eigenvalue weighted by Crippen LogP contribution is 2.22. The fraction of sp³-hybridized carbons (Fsp3) is 0.385. The van der Waals surface area contributed by atoms with Crippen LogP contribution in [-0.2, 0) is 23.1 Å². The molecule has 1 aliphatic heterocycles. The number of hydrogen-bond acceptors (Lipinski definition) is 5. The first kappa shape index (κ1) is 14.2. The first-order chi connectivity index (χ1) is 9.98. The van der Waals surface area contributed by atoms with E-state index in [2.05, 4.69) is 10.2 Å². The van der Waals surface area contributed by atoms with E-state index < -0.39 is 16.1 Å². The summed E-state index contributed by atoms with van der Waals surface area (Å²) in [7, 11) is -3.55. The number of sulfonamides is 1. The number of nitrogens with zero attached hydrogens (tertiary/aromatic N) is 4. The van der Waals surface area contributed by atoms with E-state index in [-0.39, 0.29) is 11.4 Å². The van der Waals surface area contributed by atoms with Crippen molar-refractivity contribution >= 4 is 10.0 Å². The van der Waals surface area contributed by atoms with E-state index in [9.17, 15) is 13.5 Å². The van der Waals surface area contributed by atoms with Crippen molar-refractivity contribution < 1.29 is 13.5 Å². The van der Waals surface area contributed by atoms with Gasteiger partial charge in [0, 0.05) is 13.1 Å². The van der Waals surface area contributed by atoms with Gasteiger partial charge in [0.05, 0.1) is 17.5 Å². The number of rotatable bonds is 3. The van der Waals surface area contributed by atoms with E-state index in [1.54, 1.807) is 25.4 Å². The topological polar surface area (TPSA) is 88.3 Å². The summed E-state index contributed by atoms with van der Waals surface area (Å²) >= 11 is 0. The lowest BCUT2D eigenvalue weighted by molar-refractivity contribution is 0.199. The van der Waals surface area contributed by atoms with Gasteiger partial charge in [-0.15, -0.1) is 10.2 Å². The van der Waals surface area contributed by atoms with Gasteiger partial charge in [0.2, 0.25) is 10.0 Å². The molecule has 1 atom stereocenters. The second kappa shape index (κ2) is 5.21. The van der Waals surface area contributed by atoms with E-state index in [0.717, 1.165) is 0 Å². The molecule has 0 saturated heterocycles. The third kappa shape index (κ3) is 2.57. The molecule has 21 heavy (non-hydrogen) atoms. The van der Waals surface area contributed by atoms with Crippen LogP contribution in [0, 0.1) is 0 Å². The molecule has 2 heterocycles. The SMILES string of the molecule is CC(O)c1ccc(S(=O)(=O)N2CCn3cnnc3C2)cc1. The average Bonchev–Trinajstić information content (AvgIpc) is 2.94. The number of aromatic nitrogens is 3. The maximum absolute atomic E-state index is 12.6. The van der Waals surface area contributed by atoms with Crippen LogP contribution in [0.2, 0.25) is 0 Å². The normalized spacial score (nSPS) is 17.4. The lowest BCUT2D eigenvalue weighted by atomic mass is 10.1. The lowest BCUT2D eigenvalue weighted by Gasteiger charge is -2.26. The van der Waals surface area contributed by atoms with Gasteiger partial charge >= 0.3 is 0 Å². The molecule has 0 aliphatic carbocycles. The Morgan fingerprint density at radius 2 is 1.95 bits per heavy atom. The van der Waals surface area contributed by atoms with Crippen LogP contribution in [0.4, 0.5) is 0 Å². The van der Waals surface area contributed by atoms with E-state index in [1.807, 2.05) is 4.57 Å². The fourth-order valence-electron chi connectivity index (χ4n) is 2.32. The number of aliphatic hydroxyl groups is 1. The first-order valence-corrected chi connectivity index (χ1v) is 8.07. The highest BCUT2D eigenvalue weighted by Gasteiger charge is 2.29. The minimum absolute atomic E-state index is 0.222. The van der Waals surface area contributed by atoms with Crippen LogP contribution >= 0.6 is 0 Å². The standard InChI is InChI=1S/C13H16N4O3S/c1-10(18)11-2-4-12(5-3-11)21(19,20)17-7-6-16-9-14-15-13(16)8-17/h2-5,9-10,18H,6-8H2,1H3. The Hall–Kier alpha value is -1.77. The first-order valence-electron chi connectivity index (χ1n) is 6.63. The maximum Gasteiger partial charge on any atom is 0.243 e. The number of aliphatic hydroxyl groups excluding tert-OH is 1. The summed E-state index contributed by atoms with van der Waals surface area (Å²) in [4.78, 5) is 0.222. The summed E-state index contributed by atoms with van der Waals surface area (Å²) in [6, 6.07) is 6.31. The molecule has 1 aliphatic rings. The van der Waals surface area contributed by atoms with Crippen LogP contribution < -0.4 is 0 Å². The zero-order valence-electron chi connectivity index (χ0n) is 11.5. The minimum Gasteiger partial charge on any atom is -0.389 e. The molecule has 1 unspecified atom stereocenters. The summed E-state index contributed by atoms with van der Waals surface area (Å²) in [5, 5.41) is 17.2. The van der Waals surface area contributed by atoms with Crippen LogP contribution in [0.3, 0.4) is 0 Å². The molecule has 2 aromatic rings. The van der Waals surface area contributed by atoms with Crippen LogP contribution in [0.1, 0.15) is 24.4 Å². The predicted octanol–water partition coefficient (Wildman–Crippen LogP) is 0.536. The van der Waals surface area contributed by atoms with Crippen LogP contribution in [0.15, 0.2) is 35.5 Å². The highest BCUT2D eigenvalue weighted by molar-refractivity contribution is 7.89. The molecular formula is C13H16N4O3S. The Morgan fingerprint density at radius 1 is 1.24 bits per heavy atom. The molecule has 8 heteroatoms. The lowest BCUT2D eigenvalue weighted by Crippen LogP contribution is -2.38. The molecule has 0 amide bonds. The molecule has 1 aromatic heterocycles. The Labute approximate surface area is 122 Å². The average molecular weight is 308 g/mol. The molecule has 0 radical (unpaired) electrons. The molecule has 0 fully saturated rings. The van der Waals surface area contributed by atoms with Gasteiger partial charge in [0.25, 0.3) is 0 Å². The Balaban J connectivity index is 1.87. The number of fused-ring (bicyclic) bond motifs is 1. The summed E-state index contributed by atoms with van der Waals surface area (Å²) in [5.41, 5.74) is 0.687. The second-order valence-electron chi connectivity index (χ2n) is 5.02. The van der Waals surface area contributed by atoms with Crippen molar-refractivity contribution in [2.45, 2.75) is 31.0 Å². The summed E-state index contributed by atoms with van der Waals surface area (Å²) in [6.45, 7) is 2.81. The number of benzene rings is 1. The fourth-order valence-corrected chi connectivity index (χ4v) is 3.70.